The molecule has 18 heavy (non-hydrogen) atoms. The van der Waals surface area contributed by atoms with E-state index in [-0.39, 0.29) is 17.1 Å². The van der Waals surface area contributed by atoms with E-state index in [1.54, 1.807) is 6.07 Å². The summed E-state index contributed by atoms with van der Waals surface area (Å²) in [5.74, 6) is 0.707. The quantitative estimate of drug-likeness (QED) is 0.757. The van der Waals surface area contributed by atoms with Crippen molar-refractivity contribution in [1.29, 1.82) is 0 Å². The lowest BCUT2D eigenvalue weighted by atomic mass is 9.68. The van der Waals surface area contributed by atoms with Crippen molar-refractivity contribution in [3.8, 4) is 5.75 Å². The van der Waals surface area contributed by atoms with Crippen LogP contribution in [0.4, 0.5) is 0 Å². The second-order valence-electron chi connectivity index (χ2n) is 6.05. The highest BCUT2D eigenvalue weighted by atomic mass is 16.3. The molecule has 1 aromatic carbocycles. The zero-order valence-electron chi connectivity index (χ0n) is 11.1. The highest BCUT2D eigenvalue weighted by Gasteiger charge is 2.45. The molecule has 0 aliphatic heterocycles. The van der Waals surface area contributed by atoms with Gasteiger partial charge in [0, 0.05) is 5.92 Å². The Morgan fingerprint density at radius 3 is 2.83 bits per heavy atom. The third-order valence-corrected chi connectivity index (χ3v) is 4.49. The lowest BCUT2D eigenvalue weighted by Crippen LogP contribution is -2.30. The normalized spacial score (nSPS) is 30.4. The molecule has 2 heteroatoms. The van der Waals surface area contributed by atoms with E-state index in [0.29, 0.717) is 5.75 Å². The Kier molecular flexibility index (Phi) is 2.22. The average molecular weight is 242 g/mol. The zero-order chi connectivity index (χ0) is 13.1. The summed E-state index contributed by atoms with van der Waals surface area (Å²) < 4.78 is 0. The lowest BCUT2D eigenvalue weighted by molar-refractivity contribution is -0.119. The molecule has 0 heterocycles. The molecule has 3 rings (SSSR count). The topological polar surface area (TPSA) is 37.3 Å². The Labute approximate surface area is 107 Å². The van der Waals surface area contributed by atoms with E-state index in [1.807, 2.05) is 26.0 Å². The summed E-state index contributed by atoms with van der Waals surface area (Å²) in [6.45, 7) is 6.22. The minimum atomic E-state index is 0.0630. The largest absolute Gasteiger partial charge is 0.508 e. The first kappa shape index (κ1) is 11.5. The van der Waals surface area contributed by atoms with Gasteiger partial charge in [-0.1, -0.05) is 19.9 Å². The van der Waals surface area contributed by atoms with Gasteiger partial charge >= 0.3 is 0 Å². The maximum Gasteiger partial charge on any atom is 0.161 e. The predicted octanol–water partition coefficient (Wildman–Crippen LogP) is 3.34. The molecule has 2 unspecified atom stereocenters. The number of allylic oxidation sites excluding steroid dienone is 2. The number of carbonyl (C=O) groups excluding carboxylic acids is 1. The van der Waals surface area contributed by atoms with Crippen molar-refractivity contribution in [3.63, 3.8) is 0 Å². The third-order valence-electron chi connectivity index (χ3n) is 4.49. The molecule has 2 aliphatic rings. The number of phenols is 1. The number of hydrogen-bond acceptors (Lipinski definition) is 2. The van der Waals surface area contributed by atoms with Gasteiger partial charge in [0.25, 0.3) is 0 Å². The lowest BCUT2D eigenvalue weighted by Gasteiger charge is -2.35. The number of ketones is 1. The molecule has 0 amide bonds. The Hall–Kier alpha value is -1.57. The monoisotopic (exact) mass is 242 g/mol. The Bertz CT molecular complexity index is 583. The molecule has 0 fully saturated rings. The van der Waals surface area contributed by atoms with Crippen LogP contribution >= 0.6 is 0 Å². The molecule has 1 N–H and O–H groups in total. The number of Topliss-reactive ketones (excluding diaryl/α,β-unsaturated/α-hetero) is 1. The van der Waals surface area contributed by atoms with Gasteiger partial charge in [0.2, 0.25) is 0 Å². The van der Waals surface area contributed by atoms with Crippen LogP contribution < -0.4 is 0 Å². The molecule has 0 saturated heterocycles. The van der Waals surface area contributed by atoms with Gasteiger partial charge in [-0.2, -0.15) is 0 Å². The van der Waals surface area contributed by atoms with Crippen LogP contribution in [0.1, 0.15) is 38.3 Å². The van der Waals surface area contributed by atoms with Gasteiger partial charge in [-0.25, -0.2) is 0 Å². The molecule has 0 radical (unpaired) electrons. The number of benzene rings is 1. The molecule has 94 valence electrons. The molecule has 2 nitrogen and oxygen atoms in total. The van der Waals surface area contributed by atoms with Gasteiger partial charge in [0.1, 0.15) is 5.75 Å². The fourth-order valence-electron chi connectivity index (χ4n) is 3.89. The van der Waals surface area contributed by atoms with Crippen molar-refractivity contribution in [2.75, 3.05) is 0 Å². The molecule has 0 saturated carbocycles. The summed E-state index contributed by atoms with van der Waals surface area (Å²) >= 11 is 0. The van der Waals surface area contributed by atoms with Crippen molar-refractivity contribution < 1.29 is 9.90 Å². The van der Waals surface area contributed by atoms with Crippen LogP contribution in [-0.2, 0) is 11.2 Å². The van der Waals surface area contributed by atoms with E-state index < -0.39 is 0 Å². The second-order valence-corrected chi connectivity index (χ2v) is 6.05. The fraction of sp³-hybridized carbons (Fsp3) is 0.438. The van der Waals surface area contributed by atoms with Crippen LogP contribution in [-0.4, -0.2) is 10.9 Å². The van der Waals surface area contributed by atoms with E-state index in [2.05, 4.69) is 6.92 Å². The molecular formula is C16H18O2. The third kappa shape index (κ3) is 1.38. The second kappa shape index (κ2) is 3.47. The fourth-order valence-corrected chi connectivity index (χ4v) is 3.89. The summed E-state index contributed by atoms with van der Waals surface area (Å²) in [5.41, 5.74) is 4.52. The maximum absolute atomic E-state index is 12.2. The number of rotatable bonds is 0. The first-order chi connectivity index (χ1) is 8.42. The highest BCUT2D eigenvalue weighted by Crippen LogP contribution is 2.54. The summed E-state index contributed by atoms with van der Waals surface area (Å²) in [6.07, 6.45) is 1.84. The average Bonchev–Trinajstić information content (AvgIpc) is 2.57. The summed E-state index contributed by atoms with van der Waals surface area (Å²) in [5, 5.41) is 9.60. The molecule has 0 aromatic heterocycles. The van der Waals surface area contributed by atoms with E-state index >= 15 is 0 Å². The Morgan fingerprint density at radius 2 is 2.11 bits per heavy atom. The molecular weight excluding hydrogens is 224 g/mol. The summed E-state index contributed by atoms with van der Waals surface area (Å²) in [4.78, 5) is 12.2. The van der Waals surface area contributed by atoms with Gasteiger partial charge in [-0.05, 0) is 59.6 Å². The molecule has 2 atom stereocenters. The van der Waals surface area contributed by atoms with Crippen LogP contribution in [0, 0.1) is 11.3 Å². The number of fused-ring (bicyclic) bond motifs is 3. The Balaban J connectivity index is 2.25. The van der Waals surface area contributed by atoms with E-state index in [1.165, 1.54) is 11.1 Å². The van der Waals surface area contributed by atoms with Gasteiger partial charge in [-0.3, -0.25) is 4.79 Å². The van der Waals surface area contributed by atoms with Crippen LogP contribution in [0.3, 0.4) is 0 Å². The predicted molar refractivity (Wildman–Crippen MR) is 71.3 cm³/mol. The minimum absolute atomic E-state index is 0.0630. The van der Waals surface area contributed by atoms with Gasteiger partial charge < -0.3 is 5.11 Å². The van der Waals surface area contributed by atoms with Crippen molar-refractivity contribution >= 4 is 11.4 Å². The SMILES string of the molecule is CC1=C2c3ccc(O)cc3CC2(C)CC(C)C1=O. The molecule has 0 bridgehead atoms. The van der Waals surface area contributed by atoms with Crippen molar-refractivity contribution in [1.82, 2.24) is 0 Å². The molecule has 1 aromatic rings. The minimum Gasteiger partial charge on any atom is -0.508 e. The van der Waals surface area contributed by atoms with E-state index in [4.69, 9.17) is 0 Å². The standard InChI is InChI=1S/C16H18O2/c1-9-7-16(3)8-11-6-12(17)4-5-13(11)14(16)10(2)15(9)18/h4-6,9,17H,7-8H2,1-3H3. The van der Waals surface area contributed by atoms with E-state index in [0.717, 1.165) is 24.0 Å². The number of phenolic OH excluding ortho intramolecular Hbond substituents is 1. The molecule has 2 aliphatic carbocycles. The van der Waals surface area contributed by atoms with Crippen LogP contribution in [0.5, 0.6) is 5.75 Å². The summed E-state index contributed by atoms with van der Waals surface area (Å²) in [7, 11) is 0. The van der Waals surface area contributed by atoms with Crippen LogP contribution in [0.25, 0.3) is 5.57 Å². The van der Waals surface area contributed by atoms with Crippen LogP contribution in [0.15, 0.2) is 23.8 Å². The van der Waals surface area contributed by atoms with Gasteiger partial charge in [0.05, 0.1) is 0 Å². The van der Waals surface area contributed by atoms with Crippen molar-refractivity contribution in [2.24, 2.45) is 11.3 Å². The number of carbonyl (C=O) groups is 1. The van der Waals surface area contributed by atoms with Crippen molar-refractivity contribution in [2.45, 2.75) is 33.6 Å². The van der Waals surface area contributed by atoms with Crippen molar-refractivity contribution in [3.05, 3.63) is 34.9 Å². The smallest absolute Gasteiger partial charge is 0.161 e. The van der Waals surface area contributed by atoms with Crippen LogP contribution in [0.2, 0.25) is 0 Å². The maximum atomic E-state index is 12.2. The zero-order valence-corrected chi connectivity index (χ0v) is 11.1. The van der Waals surface area contributed by atoms with Gasteiger partial charge in [-0.15, -0.1) is 0 Å². The first-order valence-corrected chi connectivity index (χ1v) is 6.50. The first-order valence-electron chi connectivity index (χ1n) is 6.50. The Morgan fingerprint density at radius 1 is 1.39 bits per heavy atom. The van der Waals surface area contributed by atoms with E-state index in [9.17, 15) is 9.90 Å². The number of aromatic hydroxyl groups is 1. The summed E-state index contributed by atoms with van der Waals surface area (Å²) in [6, 6.07) is 5.51. The van der Waals surface area contributed by atoms with Gasteiger partial charge in [0.15, 0.2) is 5.78 Å². The number of hydrogen-bond donors (Lipinski definition) is 1. The highest BCUT2D eigenvalue weighted by molar-refractivity contribution is 6.07. The molecule has 0 spiro atoms.